The van der Waals surface area contributed by atoms with E-state index < -0.39 is 17.8 Å². The molecule has 2 aliphatic carbocycles. The average molecular weight is 360 g/mol. The first-order valence-electron chi connectivity index (χ1n) is 9.39. The molecule has 27 heavy (non-hydrogen) atoms. The lowest BCUT2D eigenvalue weighted by atomic mass is 9.82. The predicted octanol–water partition coefficient (Wildman–Crippen LogP) is 2.40. The summed E-state index contributed by atoms with van der Waals surface area (Å²) < 4.78 is 0. The molecule has 2 aliphatic rings. The Morgan fingerprint density at radius 3 is 1.78 bits per heavy atom. The van der Waals surface area contributed by atoms with Gasteiger partial charge in [0.25, 0.3) is 0 Å². The molecule has 0 spiro atoms. The number of aliphatic carboxylic acids is 1. The highest BCUT2D eigenvalue weighted by atomic mass is 16.4. The molecule has 0 heterocycles. The van der Waals surface area contributed by atoms with Crippen LogP contribution < -0.4 is 5.11 Å². The van der Waals surface area contributed by atoms with Crippen molar-refractivity contribution in [3.05, 3.63) is 83.9 Å². The third-order valence-electron chi connectivity index (χ3n) is 5.76. The van der Waals surface area contributed by atoms with Gasteiger partial charge >= 0.3 is 0 Å². The highest BCUT2D eigenvalue weighted by molar-refractivity contribution is 5.86. The van der Waals surface area contributed by atoms with Gasteiger partial charge in [-0.25, -0.2) is 0 Å². The summed E-state index contributed by atoms with van der Waals surface area (Å²) in [6, 6.07) is 19.6. The van der Waals surface area contributed by atoms with Gasteiger partial charge in [-0.15, -0.1) is 0 Å². The number of allylic oxidation sites excluding steroid dienone is 2. The van der Waals surface area contributed by atoms with Gasteiger partial charge in [0.1, 0.15) is 0 Å². The minimum atomic E-state index is -1.11. The maximum atomic E-state index is 13.5. The van der Waals surface area contributed by atoms with Crippen molar-refractivity contribution < 1.29 is 14.7 Å². The number of hydrogen-bond acceptors (Lipinski definition) is 3. The van der Waals surface area contributed by atoms with Crippen LogP contribution in [0.25, 0.3) is 0 Å². The summed E-state index contributed by atoms with van der Waals surface area (Å²) in [5.41, 5.74) is 2.07. The van der Waals surface area contributed by atoms with Crippen LogP contribution in [0.4, 0.5) is 0 Å². The lowest BCUT2D eigenvalue weighted by Crippen LogP contribution is -2.46. The number of hydrogen-bond donors (Lipinski definition) is 0. The molecule has 0 radical (unpaired) electrons. The van der Waals surface area contributed by atoms with Crippen molar-refractivity contribution in [3.63, 3.8) is 0 Å². The van der Waals surface area contributed by atoms with Gasteiger partial charge in [0, 0.05) is 25.0 Å². The molecule has 4 nitrogen and oxygen atoms in total. The van der Waals surface area contributed by atoms with Crippen molar-refractivity contribution in [1.82, 2.24) is 4.90 Å². The number of carbonyl (C=O) groups is 2. The lowest BCUT2D eigenvalue weighted by molar-refractivity contribution is -0.313. The zero-order chi connectivity index (χ0) is 18.8. The second-order valence-electron chi connectivity index (χ2n) is 7.48. The number of nitrogens with zero attached hydrogens (tertiary/aromatic N) is 1. The second-order valence-corrected chi connectivity index (χ2v) is 7.48. The first kappa shape index (κ1) is 17.5. The van der Waals surface area contributed by atoms with Gasteiger partial charge in [-0.2, -0.15) is 0 Å². The van der Waals surface area contributed by atoms with Crippen LogP contribution in [0, 0.1) is 23.7 Å². The Labute approximate surface area is 159 Å². The van der Waals surface area contributed by atoms with E-state index in [1.165, 1.54) is 0 Å². The Balaban J connectivity index is 1.62. The minimum Gasteiger partial charge on any atom is -0.550 e. The van der Waals surface area contributed by atoms with Gasteiger partial charge in [0.05, 0.1) is 5.92 Å². The molecular weight excluding hydrogens is 338 g/mol. The summed E-state index contributed by atoms with van der Waals surface area (Å²) in [5, 5.41) is 11.7. The number of carboxylic acid groups (broad SMARTS) is 1. The molecule has 1 saturated carbocycles. The SMILES string of the molecule is O=C([O-])[C@@H]1[C@H](C(=O)N(Cc2ccccc2)Cc2ccccc2)[C@@H]2C=C[C@H]1C2. The fourth-order valence-electron chi connectivity index (χ4n) is 4.51. The molecule has 0 N–H and O–H groups in total. The smallest absolute Gasteiger partial charge is 0.227 e. The molecule has 138 valence electrons. The summed E-state index contributed by atoms with van der Waals surface area (Å²) >= 11 is 0. The van der Waals surface area contributed by atoms with Gasteiger partial charge in [0.15, 0.2) is 0 Å². The molecule has 4 heteroatoms. The fraction of sp³-hybridized carbons (Fsp3) is 0.304. The molecule has 2 bridgehead atoms. The normalized spacial score (nSPS) is 25.5. The average Bonchev–Trinajstić information content (AvgIpc) is 3.30. The van der Waals surface area contributed by atoms with Crippen LogP contribution in [0.3, 0.4) is 0 Å². The monoisotopic (exact) mass is 360 g/mol. The van der Waals surface area contributed by atoms with Crippen molar-refractivity contribution in [2.24, 2.45) is 23.7 Å². The molecule has 4 rings (SSSR count). The molecule has 2 aromatic rings. The Bertz CT molecular complexity index is 805. The Hall–Kier alpha value is -2.88. The highest BCUT2D eigenvalue weighted by Crippen LogP contribution is 2.48. The van der Waals surface area contributed by atoms with Crippen LogP contribution in [0.15, 0.2) is 72.8 Å². The van der Waals surface area contributed by atoms with Crippen LogP contribution in [0.2, 0.25) is 0 Å². The van der Waals surface area contributed by atoms with Crippen LogP contribution in [0.5, 0.6) is 0 Å². The summed E-state index contributed by atoms with van der Waals surface area (Å²) in [6.45, 7) is 0.928. The standard InChI is InChI=1S/C23H23NO3/c25-22(20-18-11-12-19(13-18)21(20)23(26)27)24(14-16-7-3-1-4-8-16)15-17-9-5-2-6-10-17/h1-12,18-21H,13-15H2,(H,26,27)/p-1/t18-,19+,20-,21+/m1/s1. The van der Waals surface area contributed by atoms with E-state index in [2.05, 4.69) is 0 Å². The molecule has 2 aromatic carbocycles. The van der Waals surface area contributed by atoms with Gasteiger partial charge in [-0.05, 0) is 29.4 Å². The fourth-order valence-corrected chi connectivity index (χ4v) is 4.51. The molecule has 1 amide bonds. The van der Waals surface area contributed by atoms with E-state index in [0.717, 1.165) is 17.5 Å². The summed E-state index contributed by atoms with van der Waals surface area (Å²) in [6.07, 6.45) is 4.68. The topological polar surface area (TPSA) is 60.4 Å². The molecular formula is C23H22NO3-. The van der Waals surface area contributed by atoms with Crippen LogP contribution in [0.1, 0.15) is 17.5 Å². The quantitative estimate of drug-likeness (QED) is 0.743. The highest BCUT2D eigenvalue weighted by Gasteiger charge is 2.49. The van der Waals surface area contributed by atoms with E-state index in [0.29, 0.717) is 13.1 Å². The maximum absolute atomic E-state index is 13.5. The van der Waals surface area contributed by atoms with Crippen LogP contribution in [-0.2, 0) is 22.7 Å². The number of benzene rings is 2. The largest absolute Gasteiger partial charge is 0.550 e. The number of amides is 1. The van der Waals surface area contributed by atoms with Crippen molar-refractivity contribution in [2.45, 2.75) is 19.5 Å². The molecule has 1 fully saturated rings. The number of carbonyl (C=O) groups excluding carboxylic acids is 2. The predicted molar refractivity (Wildman–Crippen MR) is 99.9 cm³/mol. The number of rotatable bonds is 6. The Morgan fingerprint density at radius 1 is 0.815 bits per heavy atom. The van der Waals surface area contributed by atoms with E-state index in [1.54, 1.807) is 4.90 Å². The third-order valence-corrected chi connectivity index (χ3v) is 5.76. The second kappa shape index (κ2) is 7.39. The molecule has 0 aliphatic heterocycles. The zero-order valence-corrected chi connectivity index (χ0v) is 15.0. The van der Waals surface area contributed by atoms with Crippen LogP contribution in [-0.4, -0.2) is 16.8 Å². The molecule has 4 atom stereocenters. The van der Waals surface area contributed by atoms with Crippen molar-refractivity contribution in [1.29, 1.82) is 0 Å². The molecule has 0 aromatic heterocycles. The van der Waals surface area contributed by atoms with E-state index in [-0.39, 0.29) is 17.7 Å². The first-order chi connectivity index (χ1) is 13.1. The van der Waals surface area contributed by atoms with Crippen molar-refractivity contribution in [3.8, 4) is 0 Å². The summed E-state index contributed by atoms with van der Waals surface area (Å²) in [5.74, 6) is -2.53. The summed E-state index contributed by atoms with van der Waals surface area (Å²) in [4.78, 5) is 27.0. The third kappa shape index (κ3) is 3.52. The van der Waals surface area contributed by atoms with E-state index >= 15 is 0 Å². The van der Waals surface area contributed by atoms with Gasteiger partial charge in [-0.1, -0.05) is 72.8 Å². The van der Waals surface area contributed by atoms with E-state index in [9.17, 15) is 14.7 Å². The van der Waals surface area contributed by atoms with E-state index in [1.807, 2.05) is 72.8 Å². The first-order valence-corrected chi connectivity index (χ1v) is 9.39. The van der Waals surface area contributed by atoms with E-state index in [4.69, 9.17) is 0 Å². The van der Waals surface area contributed by atoms with Crippen LogP contribution >= 0.6 is 0 Å². The maximum Gasteiger partial charge on any atom is 0.227 e. The molecule has 0 unspecified atom stereocenters. The Morgan fingerprint density at radius 2 is 1.30 bits per heavy atom. The lowest BCUT2D eigenvalue weighted by Gasteiger charge is -2.33. The van der Waals surface area contributed by atoms with Gasteiger partial charge in [-0.3, -0.25) is 4.79 Å². The Kier molecular flexibility index (Phi) is 4.80. The zero-order valence-electron chi connectivity index (χ0n) is 15.0. The van der Waals surface area contributed by atoms with Crippen molar-refractivity contribution >= 4 is 11.9 Å². The van der Waals surface area contributed by atoms with Crippen molar-refractivity contribution in [2.75, 3.05) is 0 Å². The van der Waals surface area contributed by atoms with Gasteiger partial charge in [0.2, 0.25) is 5.91 Å². The van der Waals surface area contributed by atoms with Gasteiger partial charge < -0.3 is 14.8 Å². The summed E-state index contributed by atoms with van der Waals surface area (Å²) in [7, 11) is 0. The minimum absolute atomic E-state index is 0.000512. The number of carboxylic acids is 1. The molecule has 0 saturated heterocycles. The number of fused-ring (bicyclic) bond motifs is 2.